The van der Waals surface area contributed by atoms with Crippen molar-refractivity contribution in [3.63, 3.8) is 0 Å². The molecule has 1 atom stereocenters. The van der Waals surface area contributed by atoms with Gasteiger partial charge in [0.2, 0.25) is 0 Å². The van der Waals surface area contributed by atoms with Gasteiger partial charge in [0.15, 0.2) is 6.10 Å². The SMILES string of the molecule is CC(C)c1ccccc1OCCNC(=O)[C@H](C)Oc1cccc(Cl)c1. The van der Waals surface area contributed by atoms with Crippen LogP contribution < -0.4 is 14.8 Å². The zero-order valence-corrected chi connectivity index (χ0v) is 15.5. The number of rotatable bonds is 8. The van der Waals surface area contributed by atoms with Crippen LogP contribution in [0.3, 0.4) is 0 Å². The monoisotopic (exact) mass is 361 g/mol. The highest BCUT2D eigenvalue weighted by Crippen LogP contribution is 2.25. The largest absolute Gasteiger partial charge is 0.491 e. The van der Waals surface area contributed by atoms with Gasteiger partial charge < -0.3 is 14.8 Å². The summed E-state index contributed by atoms with van der Waals surface area (Å²) < 4.78 is 11.4. The minimum Gasteiger partial charge on any atom is -0.491 e. The van der Waals surface area contributed by atoms with E-state index < -0.39 is 6.10 Å². The normalized spacial score (nSPS) is 11.9. The number of ether oxygens (including phenoxy) is 2. The average molecular weight is 362 g/mol. The standard InChI is InChI=1S/C20H24ClNO3/c1-14(2)18-9-4-5-10-19(18)24-12-11-22-20(23)15(3)25-17-8-6-7-16(21)13-17/h4-10,13-15H,11-12H2,1-3H3,(H,22,23)/t15-/m0/s1. The minimum atomic E-state index is -0.610. The third-order valence-electron chi connectivity index (χ3n) is 3.68. The predicted octanol–water partition coefficient (Wildman–Crippen LogP) is 4.43. The second kappa shape index (κ2) is 9.33. The first kappa shape index (κ1) is 19.1. The third-order valence-corrected chi connectivity index (χ3v) is 3.91. The zero-order chi connectivity index (χ0) is 18.2. The second-order valence-electron chi connectivity index (χ2n) is 6.05. The molecular formula is C20H24ClNO3. The molecule has 0 saturated carbocycles. The highest BCUT2D eigenvalue weighted by molar-refractivity contribution is 6.30. The molecule has 0 bridgehead atoms. The van der Waals surface area contributed by atoms with Crippen LogP contribution in [0.25, 0.3) is 0 Å². The Kier molecular flexibility index (Phi) is 7.14. The number of benzene rings is 2. The van der Waals surface area contributed by atoms with Gasteiger partial charge in [-0.2, -0.15) is 0 Å². The molecule has 1 amide bonds. The van der Waals surface area contributed by atoms with E-state index >= 15 is 0 Å². The lowest BCUT2D eigenvalue weighted by Gasteiger charge is -2.16. The minimum absolute atomic E-state index is 0.194. The molecule has 2 rings (SSSR count). The fraction of sp³-hybridized carbons (Fsp3) is 0.350. The number of hydrogen-bond acceptors (Lipinski definition) is 3. The lowest BCUT2D eigenvalue weighted by molar-refractivity contribution is -0.127. The van der Waals surface area contributed by atoms with E-state index in [0.717, 1.165) is 11.3 Å². The van der Waals surface area contributed by atoms with E-state index in [-0.39, 0.29) is 5.91 Å². The zero-order valence-electron chi connectivity index (χ0n) is 14.8. The Morgan fingerprint density at radius 1 is 1.12 bits per heavy atom. The first-order valence-corrected chi connectivity index (χ1v) is 8.77. The summed E-state index contributed by atoms with van der Waals surface area (Å²) >= 11 is 5.91. The van der Waals surface area contributed by atoms with Crippen molar-refractivity contribution < 1.29 is 14.3 Å². The number of para-hydroxylation sites is 1. The van der Waals surface area contributed by atoms with Gasteiger partial charge >= 0.3 is 0 Å². The Morgan fingerprint density at radius 3 is 2.60 bits per heavy atom. The van der Waals surface area contributed by atoms with E-state index in [9.17, 15) is 4.79 Å². The molecule has 0 spiro atoms. The number of halogens is 1. The summed E-state index contributed by atoms with van der Waals surface area (Å²) in [6.45, 7) is 6.76. The summed E-state index contributed by atoms with van der Waals surface area (Å²) in [5.74, 6) is 1.62. The first-order chi connectivity index (χ1) is 12.0. The smallest absolute Gasteiger partial charge is 0.260 e. The third kappa shape index (κ3) is 5.98. The van der Waals surface area contributed by atoms with E-state index in [1.165, 1.54) is 0 Å². The van der Waals surface area contributed by atoms with Gasteiger partial charge in [0.1, 0.15) is 18.1 Å². The number of amides is 1. The lowest BCUT2D eigenvalue weighted by Crippen LogP contribution is -2.38. The van der Waals surface area contributed by atoms with E-state index in [0.29, 0.717) is 29.8 Å². The van der Waals surface area contributed by atoms with Gasteiger partial charge in [-0.15, -0.1) is 0 Å². The van der Waals surface area contributed by atoms with Gasteiger partial charge in [-0.1, -0.05) is 49.7 Å². The molecule has 0 unspecified atom stereocenters. The maximum absolute atomic E-state index is 12.1. The Labute approximate surface area is 154 Å². The van der Waals surface area contributed by atoms with Crippen LogP contribution in [0.2, 0.25) is 5.02 Å². The van der Waals surface area contributed by atoms with Gasteiger partial charge in [0.25, 0.3) is 5.91 Å². The van der Waals surface area contributed by atoms with Gasteiger partial charge in [-0.25, -0.2) is 0 Å². The van der Waals surface area contributed by atoms with Crippen LogP contribution in [0.5, 0.6) is 11.5 Å². The lowest BCUT2D eigenvalue weighted by atomic mass is 10.0. The van der Waals surface area contributed by atoms with Crippen LogP contribution >= 0.6 is 11.6 Å². The van der Waals surface area contributed by atoms with Crippen LogP contribution in [-0.4, -0.2) is 25.2 Å². The fourth-order valence-corrected chi connectivity index (χ4v) is 2.55. The molecule has 1 N–H and O–H groups in total. The van der Waals surface area contributed by atoms with Crippen molar-refractivity contribution >= 4 is 17.5 Å². The summed E-state index contributed by atoms with van der Waals surface area (Å²) in [4.78, 5) is 12.1. The Balaban J connectivity index is 1.77. The molecule has 134 valence electrons. The fourth-order valence-electron chi connectivity index (χ4n) is 2.37. The van der Waals surface area contributed by atoms with E-state index in [1.54, 1.807) is 31.2 Å². The Bertz CT molecular complexity index is 703. The molecule has 5 heteroatoms. The molecule has 0 radical (unpaired) electrons. The molecule has 0 aliphatic carbocycles. The summed E-state index contributed by atoms with van der Waals surface area (Å²) in [5, 5.41) is 3.39. The quantitative estimate of drug-likeness (QED) is 0.708. The van der Waals surface area contributed by atoms with Crippen LogP contribution in [0.1, 0.15) is 32.3 Å². The van der Waals surface area contributed by atoms with Crippen molar-refractivity contribution in [2.24, 2.45) is 0 Å². The van der Waals surface area contributed by atoms with Gasteiger partial charge in [0, 0.05) is 5.02 Å². The van der Waals surface area contributed by atoms with Crippen molar-refractivity contribution in [1.82, 2.24) is 5.32 Å². The first-order valence-electron chi connectivity index (χ1n) is 8.39. The second-order valence-corrected chi connectivity index (χ2v) is 6.49. The molecule has 0 heterocycles. The Hall–Kier alpha value is -2.20. The molecule has 25 heavy (non-hydrogen) atoms. The number of hydrogen-bond donors (Lipinski definition) is 1. The molecule has 0 fully saturated rings. The van der Waals surface area contributed by atoms with E-state index in [2.05, 4.69) is 25.2 Å². The molecule has 2 aromatic carbocycles. The maximum atomic E-state index is 12.1. The van der Waals surface area contributed by atoms with Crippen molar-refractivity contribution in [3.05, 3.63) is 59.1 Å². The Morgan fingerprint density at radius 2 is 1.88 bits per heavy atom. The molecule has 0 aliphatic rings. The van der Waals surface area contributed by atoms with Gasteiger partial charge in [0.05, 0.1) is 6.54 Å². The molecule has 0 saturated heterocycles. The van der Waals surface area contributed by atoms with Crippen molar-refractivity contribution in [1.29, 1.82) is 0 Å². The van der Waals surface area contributed by atoms with E-state index in [4.69, 9.17) is 21.1 Å². The summed E-state index contributed by atoms with van der Waals surface area (Å²) in [6.07, 6.45) is -0.610. The predicted molar refractivity (Wildman–Crippen MR) is 101 cm³/mol. The maximum Gasteiger partial charge on any atom is 0.260 e. The summed E-state index contributed by atoms with van der Waals surface area (Å²) in [7, 11) is 0. The number of nitrogens with one attached hydrogen (secondary N) is 1. The van der Waals surface area contributed by atoms with Crippen molar-refractivity contribution in [2.45, 2.75) is 32.8 Å². The topological polar surface area (TPSA) is 47.6 Å². The van der Waals surface area contributed by atoms with Gasteiger partial charge in [-0.05, 0) is 42.7 Å². The highest BCUT2D eigenvalue weighted by Gasteiger charge is 2.14. The molecule has 4 nitrogen and oxygen atoms in total. The van der Waals surface area contributed by atoms with Crippen molar-refractivity contribution in [2.75, 3.05) is 13.2 Å². The number of carbonyl (C=O) groups excluding carboxylic acids is 1. The molecular weight excluding hydrogens is 338 g/mol. The van der Waals surface area contributed by atoms with Gasteiger partial charge in [-0.3, -0.25) is 4.79 Å². The van der Waals surface area contributed by atoms with Crippen LogP contribution in [0.15, 0.2) is 48.5 Å². The average Bonchev–Trinajstić information content (AvgIpc) is 2.58. The van der Waals surface area contributed by atoms with E-state index in [1.807, 2.05) is 18.2 Å². The summed E-state index contributed by atoms with van der Waals surface area (Å²) in [6, 6.07) is 14.9. The van der Waals surface area contributed by atoms with Crippen LogP contribution in [0, 0.1) is 0 Å². The highest BCUT2D eigenvalue weighted by atomic mass is 35.5. The van der Waals surface area contributed by atoms with Crippen molar-refractivity contribution in [3.8, 4) is 11.5 Å². The molecule has 0 aromatic heterocycles. The molecule has 0 aliphatic heterocycles. The molecule has 2 aromatic rings. The summed E-state index contributed by atoms with van der Waals surface area (Å²) in [5.41, 5.74) is 1.16. The van der Waals surface area contributed by atoms with Crippen LogP contribution in [-0.2, 0) is 4.79 Å². The van der Waals surface area contributed by atoms with Crippen LogP contribution in [0.4, 0.5) is 0 Å². The number of carbonyl (C=O) groups is 1.